The monoisotopic (exact) mass is 365 g/mol. The summed E-state index contributed by atoms with van der Waals surface area (Å²) in [5.74, 6) is 0.845. The van der Waals surface area contributed by atoms with Gasteiger partial charge in [0.25, 0.3) is 5.91 Å². The third-order valence-electron chi connectivity index (χ3n) is 5.49. The van der Waals surface area contributed by atoms with Crippen molar-refractivity contribution in [2.45, 2.75) is 39.2 Å². The second-order valence-corrected chi connectivity index (χ2v) is 7.56. The number of furan rings is 1. The number of fused-ring (bicyclic) bond motifs is 1. The highest BCUT2D eigenvalue weighted by Gasteiger charge is 2.25. The predicted octanol–water partition coefficient (Wildman–Crippen LogP) is 4.33. The summed E-state index contributed by atoms with van der Waals surface area (Å²) in [6, 6.07) is 10.2. The van der Waals surface area contributed by atoms with Crippen LogP contribution in [0.1, 0.15) is 52.7 Å². The van der Waals surface area contributed by atoms with E-state index in [9.17, 15) is 4.79 Å². The van der Waals surface area contributed by atoms with Crippen molar-refractivity contribution in [1.29, 1.82) is 0 Å². The molecule has 5 heteroatoms. The van der Waals surface area contributed by atoms with Gasteiger partial charge in [-0.1, -0.05) is 12.5 Å². The number of nitrogens with one attached hydrogen (secondary N) is 2. The number of aromatic amines is 1. The summed E-state index contributed by atoms with van der Waals surface area (Å²) >= 11 is 0. The third kappa shape index (κ3) is 3.78. The number of likely N-dealkylation sites (tertiary alicyclic amines) is 1. The van der Waals surface area contributed by atoms with Crippen molar-refractivity contribution in [3.05, 3.63) is 59.2 Å². The molecule has 0 bridgehead atoms. The molecule has 3 aromatic rings. The first-order valence-corrected chi connectivity index (χ1v) is 9.77. The Morgan fingerprint density at radius 1 is 1.22 bits per heavy atom. The molecule has 3 heterocycles. The molecule has 1 unspecified atom stereocenters. The second kappa shape index (κ2) is 7.61. The van der Waals surface area contributed by atoms with Crippen LogP contribution < -0.4 is 5.32 Å². The number of benzene rings is 1. The first-order valence-electron chi connectivity index (χ1n) is 9.77. The highest BCUT2D eigenvalue weighted by atomic mass is 16.3. The van der Waals surface area contributed by atoms with Crippen molar-refractivity contribution < 1.29 is 9.21 Å². The molecule has 1 aliphatic rings. The quantitative estimate of drug-likeness (QED) is 0.707. The van der Waals surface area contributed by atoms with Crippen LogP contribution in [-0.2, 0) is 0 Å². The topological polar surface area (TPSA) is 61.3 Å². The summed E-state index contributed by atoms with van der Waals surface area (Å²) in [7, 11) is 0. The van der Waals surface area contributed by atoms with Crippen LogP contribution in [0, 0.1) is 13.8 Å². The van der Waals surface area contributed by atoms with Crippen LogP contribution in [0.4, 0.5) is 0 Å². The molecule has 4 rings (SSSR count). The number of rotatable bonds is 5. The Hall–Kier alpha value is -2.53. The van der Waals surface area contributed by atoms with E-state index in [0.29, 0.717) is 12.2 Å². The smallest absolute Gasteiger partial charge is 0.267 e. The lowest BCUT2D eigenvalue weighted by Crippen LogP contribution is -2.40. The molecule has 2 aromatic heterocycles. The molecule has 1 aliphatic heterocycles. The number of amides is 1. The lowest BCUT2D eigenvalue weighted by Gasteiger charge is -2.33. The maximum atomic E-state index is 12.8. The van der Waals surface area contributed by atoms with Crippen LogP contribution in [0.25, 0.3) is 10.9 Å². The van der Waals surface area contributed by atoms with Gasteiger partial charge in [-0.15, -0.1) is 0 Å². The van der Waals surface area contributed by atoms with Crippen LogP contribution in [0.5, 0.6) is 0 Å². The molecule has 142 valence electrons. The fraction of sp³-hybridized carbons (Fsp3) is 0.409. The number of nitrogens with zero attached hydrogens (tertiary/aromatic N) is 1. The molecule has 1 saturated heterocycles. The van der Waals surface area contributed by atoms with Gasteiger partial charge in [0.05, 0.1) is 12.3 Å². The van der Waals surface area contributed by atoms with Crippen LogP contribution >= 0.6 is 0 Å². The molecule has 1 atom stereocenters. The van der Waals surface area contributed by atoms with Gasteiger partial charge in [-0.25, -0.2) is 0 Å². The van der Waals surface area contributed by atoms with E-state index >= 15 is 0 Å². The van der Waals surface area contributed by atoms with Gasteiger partial charge in [-0.3, -0.25) is 9.69 Å². The minimum Gasteiger partial charge on any atom is -0.468 e. The zero-order valence-corrected chi connectivity index (χ0v) is 16.0. The lowest BCUT2D eigenvalue weighted by atomic mass is 10.1. The van der Waals surface area contributed by atoms with Crippen LogP contribution in [-0.4, -0.2) is 35.4 Å². The van der Waals surface area contributed by atoms with Gasteiger partial charge in [0.2, 0.25) is 0 Å². The zero-order chi connectivity index (χ0) is 18.8. The highest BCUT2D eigenvalue weighted by molar-refractivity contribution is 5.99. The summed E-state index contributed by atoms with van der Waals surface area (Å²) in [5.41, 5.74) is 3.99. The summed E-state index contributed by atoms with van der Waals surface area (Å²) in [6.45, 7) is 6.78. The van der Waals surface area contributed by atoms with Crippen LogP contribution in [0.3, 0.4) is 0 Å². The summed E-state index contributed by atoms with van der Waals surface area (Å²) < 4.78 is 5.66. The molecular weight excluding hydrogens is 338 g/mol. The van der Waals surface area contributed by atoms with E-state index in [1.54, 1.807) is 6.26 Å². The first kappa shape index (κ1) is 17.9. The summed E-state index contributed by atoms with van der Waals surface area (Å²) in [5, 5.41) is 4.21. The molecule has 27 heavy (non-hydrogen) atoms. The summed E-state index contributed by atoms with van der Waals surface area (Å²) in [4.78, 5) is 18.5. The molecule has 0 aliphatic carbocycles. The molecule has 5 nitrogen and oxygen atoms in total. The molecule has 1 aromatic carbocycles. The van der Waals surface area contributed by atoms with E-state index < -0.39 is 0 Å². The number of hydrogen-bond acceptors (Lipinski definition) is 3. The number of H-pyrrole nitrogens is 1. The van der Waals surface area contributed by atoms with Gasteiger partial charge in [0.15, 0.2) is 0 Å². The Kier molecular flexibility index (Phi) is 5.03. The minimum absolute atomic E-state index is 0.0724. The Morgan fingerprint density at radius 2 is 2.04 bits per heavy atom. The first-order chi connectivity index (χ1) is 13.1. The molecule has 1 amide bonds. The zero-order valence-electron chi connectivity index (χ0n) is 16.0. The fourth-order valence-electron chi connectivity index (χ4n) is 4.13. The van der Waals surface area contributed by atoms with Gasteiger partial charge in [-0.05, 0) is 75.2 Å². The average molecular weight is 365 g/mol. The standard InChI is InChI=1S/C22H27N3O2/c1-15-11-16(2)17-13-19(24-18(17)12-15)22(26)23-14-20(21-7-6-10-27-21)25-8-4-3-5-9-25/h6-7,10-13,20,24H,3-5,8-9,14H2,1-2H3,(H,23,26). The van der Waals surface area contributed by atoms with Crippen LogP contribution in [0.15, 0.2) is 41.0 Å². The van der Waals surface area contributed by atoms with Gasteiger partial charge >= 0.3 is 0 Å². The molecule has 0 radical (unpaired) electrons. The number of carbonyl (C=O) groups excluding carboxylic acids is 1. The number of aryl methyl sites for hydroxylation is 2. The Morgan fingerprint density at radius 3 is 2.78 bits per heavy atom. The molecule has 1 fully saturated rings. The van der Waals surface area contributed by atoms with E-state index in [1.165, 1.54) is 30.4 Å². The maximum absolute atomic E-state index is 12.8. The van der Waals surface area contributed by atoms with Gasteiger partial charge < -0.3 is 14.7 Å². The van der Waals surface area contributed by atoms with Crippen molar-refractivity contribution in [2.75, 3.05) is 19.6 Å². The minimum atomic E-state index is -0.0724. The number of aromatic nitrogens is 1. The van der Waals surface area contributed by atoms with Crippen molar-refractivity contribution >= 4 is 16.8 Å². The molecular formula is C22H27N3O2. The number of hydrogen-bond donors (Lipinski definition) is 2. The number of piperidine rings is 1. The molecule has 0 saturated carbocycles. The van der Waals surface area contributed by atoms with Crippen molar-refractivity contribution in [1.82, 2.24) is 15.2 Å². The fourth-order valence-corrected chi connectivity index (χ4v) is 4.13. The SMILES string of the molecule is Cc1cc(C)c2cc(C(=O)NCC(c3ccco3)N3CCCCC3)[nH]c2c1. The van der Waals surface area contributed by atoms with E-state index in [1.807, 2.05) is 18.2 Å². The second-order valence-electron chi connectivity index (χ2n) is 7.56. The van der Waals surface area contributed by atoms with Crippen LogP contribution in [0.2, 0.25) is 0 Å². The predicted molar refractivity (Wildman–Crippen MR) is 107 cm³/mol. The van der Waals surface area contributed by atoms with Gasteiger partial charge in [0, 0.05) is 17.4 Å². The number of carbonyl (C=O) groups is 1. The maximum Gasteiger partial charge on any atom is 0.267 e. The largest absolute Gasteiger partial charge is 0.468 e. The Bertz CT molecular complexity index is 921. The van der Waals surface area contributed by atoms with E-state index in [-0.39, 0.29) is 11.9 Å². The lowest BCUT2D eigenvalue weighted by molar-refractivity contribution is 0.0910. The normalized spacial score (nSPS) is 16.5. The molecule has 2 N–H and O–H groups in total. The Balaban J connectivity index is 1.50. The summed E-state index contributed by atoms with van der Waals surface area (Å²) in [6.07, 6.45) is 5.38. The average Bonchev–Trinajstić information content (AvgIpc) is 3.32. The van der Waals surface area contributed by atoms with Crippen molar-refractivity contribution in [3.8, 4) is 0 Å². The highest BCUT2D eigenvalue weighted by Crippen LogP contribution is 2.25. The van der Waals surface area contributed by atoms with Crippen molar-refractivity contribution in [3.63, 3.8) is 0 Å². The third-order valence-corrected chi connectivity index (χ3v) is 5.49. The van der Waals surface area contributed by atoms with E-state index in [4.69, 9.17) is 4.42 Å². The van der Waals surface area contributed by atoms with E-state index in [0.717, 1.165) is 29.8 Å². The van der Waals surface area contributed by atoms with Crippen molar-refractivity contribution in [2.24, 2.45) is 0 Å². The molecule has 0 spiro atoms. The van der Waals surface area contributed by atoms with E-state index in [2.05, 4.69) is 41.2 Å². The van der Waals surface area contributed by atoms with Gasteiger partial charge in [0.1, 0.15) is 11.5 Å². The van der Waals surface area contributed by atoms with Gasteiger partial charge in [-0.2, -0.15) is 0 Å². The Labute approximate surface area is 159 Å².